The zero-order valence-corrected chi connectivity index (χ0v) is 25.9. The molecule has 3 amide bonds. The fourth-order valence-electron chi connectivity index (χ4n) is 4.87. The minimum absolute atomic E-state index is 0.171. The summed E-state index contributed by atoms with van der Waals surface area (Å²) in [4.78, 5) is 41.4. The summed E-state index contributed by atoms with van der Waals surface area (Å²) in [5.41, 5.74) is 2.88. The Morgan fingerprint density at radius 3 is 2.16 bits per heavy atom. The van der Waals surface area contributed by atoms with Gasteiger partial charge in [-0.25, -0.2) is 14.0 Å². The van der Waals surface area contributed by atoms with Gasteiger partial charge in [0.05, 0.1) is 0 Å². The molecule has 1 fully saturated rings. The van der Waals surface area contributed by atoms with E-state index in [4.69, 9.17) is 9.47 Å². The normalized spacial score (nSPS) is 14.2. The summed E-state index contributed by atoms with van der Waals surface area (Å²) in [6.45, 7) is 11.2. The van der Waals surface area contributed by atoms with Crippen molar-refractivity contribution in [3.05, 3.63) is 59.5 Å². The molecule has 43 heavy (non-hydrogen) atoms. The summed E-state index contributed by atoms with van der Waals surface area (Å²) < 4.78 is 24.1. The minimum atomic E-state index is -0.674. The van der Waals surface area contributed by atoms with E-state index < -0.39 is 29.4 Å². The standard InChI is InChI=1S/C33H43FN4O5/c1-32(2,3)42-30(40)35-17-7-8-24(37-31(41)43-33(4,5)6)19-36-29(39)28-27(21-9-10-21)25-16-13-22(18-26(25)38-28)20-11-14-23(34)15-12-20/h11-16,18,21,24,38H,7-10,17,19H2,1-6H3,(H,35,40)(H,36,39)(H,37,41)/t24-/m0/s1. The second kappa shape index (κ2) is 13.1. The number of benzene rings is 2. The van der Waals surface area contributed by atoms with Crippen LogP contribution >= 0.6 is 0 Å². The van der Waals surface area contributed by atoms with Crippen LogP contribution in [0.5, 0.6) is 0 Å². The maximum absolute atomic E-state index is 13.5. The molecule has 1 atom stereocenters. The third kappa shape index (κ3) is 9.46. The number of amides is 3. The monoisotopic (exact) mass is 594 g/mol. The third-order valence-electron chi connectivity index (χ3n) is 6.86. The van der Waals surface area contributed by atoms with Crippen LogP contribution in [0, 0.1) is 5.82 Å². The van der Waals surface area contributed by atoms with Gasteiger partial charge in [0.2, 0.25) is 0 Å². The van der Waals surface area contributed by atoms with Gasteiger partial charge in [-0.1, -0.05) is 24.3 Å². The van der Waals surface area contributed by atoms with E-state index in [1.54, 1.807) is 53.7 Å². The number of ether oxygens (including phenoxy) is 2. The van der Waals surface area contributed by atoms with E-state index in [-0.39, 0.29) is 18.3 Å². The van der Waals surface area contributed by atoms with Crippen molar-refractivity contribution >= 4 is 29.0 Å². The summed E-state index contributed by atoms with van der Waals surface area (Å²) in [6, 6.07) is 11.9. The quantitative estimate of drug-likeness (QED) is 0.193. The topological polar surface area (TPSA) is 122 Å². The van der Waals surface area contributed by atoms with Gasteiger partial charge < -0.3 is 30.4 Å². The molecule has 1 aromatic heterocycles. The molecule has 232 valence electrons. The highest BCUT2D eigenvalue weighted by Crippen LogP contribution is 2.45. The van der Waals surface area contributed by atoms with Gasteiger partial charge in [0.25, 0.3) is 5.91 Å². The smallest absolute Gasteiger partial charge is 0.407 e. The fourth-order valence-corrected chi connectivity index (χ4v) is 4.87. The lowest BCUT2D eigenvalue weighted by Crippen LogP contribution is -2.46. The Morgan fingerprint density at radius 2 is 1.53 bits per heavy atom. The van der Waals surface area contributed by atoms with Crippen molar-refractivity contribution in [2.24, 2.45) is 0 Å². The lowest BCUT2D eigenvalue weighted by Gasteiger charge is -2.24. The van der Waals surface area contributed by atoms with Crippen molar-refractivity contribution in [2.45, 2.75) is 90.4 Å². The van der Waals surface area contributed by atoms with Crippen LogP contribution in [-0.4, -0.2) is 53.4 Å². The average molecular weight is 595 g/mol. The van der Waals surface area contributed by atoms with E-state index >= 15 is 0 Å². The van der Waals surface area contributed by atoms with E-state index in [1.807, 2.05) is 18.2 Å². The van der Waals surface area contributed by atoms with Crippen molar-refractivity contribution in [2.75, 3.05) is 13.1 Å². The molecule has 3 aromatic rings. The second-order valence-electron chi connectivity index (χ2n) is 13.1. The summed E-state index contributed by atoms with van der Waals surface area (Å²) in [7, 11) is 0. The number of fused-ring (bicyclic) bond motifs is 1. The Hall–Kier alpha value is -4.08. The minimum Gasteiger partial charge on any atom is -0.444 e. The summed E-state index contributed by atoms with van der Waals surface area (Å²) in [6.07, 6.45) is 1.97. The Kier molecular flexibility index (Phi) is 9.67. The number of carbonyl (C=O) groups is 3. The van der Waals surface area contributed by atoms with E-state index in [2.05, 4.69) is 20.9 Å². The number of rotatable bonds is 10. The van der Waals surface area contributed by atoms with Gasteiger partial charge in [-0.2, -0.15) is 0 Å². The van der Waals surface area contributed by atoms with Crippen LogP contribution in [-0.2, 0) is 9.47 Å². The molecule has 4 N–H and O–H groups in total. The van der Waals surface area contributed by atoms with Crippen molar-refractivity contribution in [1.82, 2.24) is 20.9 Å². The highest BCUT2D eigenvalue weighted by molar-refractivity contribution is 6.02. The average Bonchev–Trinajstić information content (AvgIpc) is 3.66. The van der Waals surface area contributed by atoms with Crippen LogP contribution in [0.15, 0.2) is 42.5 Å². The zero-order chi connectivity index (χ0) is 31.4. The molecule has 1 saturated carbocycles. The van der Waals surface area contributed by atoms with E-state index in [1.165, 1.54) is 12.1 Å². The van der Waals surface area contributed by atoms with E-state index in [0.29, 0.717) is 31.0 Å². The number of H-pyrrole nitrogens is 1. The molecule has 0 aliphatic heterocycles. The predicted octanol–water partition coefficient (Wildman–Crippen LogP) is 6.78. The largest absolute Gasteiger partial charge is 0.444 e. The van der Waals surface area contributed by atoms with Crippen LogP contribution in [0.2, 0.25) is 0 Å². The highest BCUT2D eigenvalue weighted by Gasteiger charge is 2.32. The lowest BCUT2D eigenvalue weighted by atomic mass is 10.0. The van der Waals surface area contributed by atoms with Gasteiger partial charge in [-0.3, -0.25) is 4.79 Å². The molecule has 0 saturated heterocycles. The summed E-state index contributed by atoms with van der Waals surface area (Å²) >= 11 is 0. The van der Waals surface area contributed by atoms with Gasteiger partial charge in [-0.05, 0) is 108 Å². The molecule has 0 bridgehead atoms. The van der Waals surface area contributed by atoms with Crippen molar-refractivity contribution < 1.29 is 28.2 Å². The maximum Gasteiger partial charge on any atom is 0.407 e. The first kappa shape index (κ1) is 31.8. The molecule has 4 rings (SSSR count). The molecule has 10 heteroatoms. The first-order valence-electron chi connectivity index (χ1n) is 14.8. The number of hydrogen-bond donors (Lipinski definition) is 4. The molecule has 2 aromatic carbocycles. The molecule has 0 unspecified atom stereocenters. The Balaban J connectivity index is 1.45. The molecule has 0 radical (unpaired) electrons. The Morgan fingerprint density at radius 1 is 0.907 bits per heavy atom. The zero-order valence-electron chi connectivity index (χ0n) is 25.9. The number of aromatic amines is 1. The number of hydrogen-bond acceptors (Lipinski definition) is 5. The molecule has 9 nitrogen and oxygen atoms in total. The van der Waals surface area contributed by atoms with Crippen LogP contribution in [0.3, 0.4) is 0 Å². The molecular weight excluding hydrogens is 551 g/mol. The predicted molar refractivity (Wildman–Crippen MR) is 165 cm³/mol. The number of alkyl carbamates (subject to hydrolysis) is 2. The van der Waals surface area contributed by atoms with Gasteiger partial charge >= 0.3 is 12.2 Å². The first-order chi connectivity index (χ1) is 20.2. The molecule has 1 heterocycles. The number of aromatic nitrogens is 1. The molecule has 1 aliphatic rings. The number of halogens is 1. The van der Waals surface area contributed by atoms with Crippen molar-refractivity contribution in [1.29, 1.82) is 0 Å². The molecular formula is C33H43FN4O5. The van der Waals surface area contributed by atoms with Gasteiger partial charge in [0.15, 0.2) is 0 Å². The molecule has 0 spiro atoms. The second-order valence-corrected chi connectivity index (χ2v) is 13.1. The fraction of sp³-hybridized carbons (Fsp3) is 0.485. The van der Waals surface area contributed by atoms with Crippen molar-refractivity contribution in [3.63, 3.8) is 0 Å². The van der Waals surface area contributed by atoms with Crippen LogP contribution in [0.25, 0.3) is 22.0 Å². The van der Waals surface area contributed by atoms with E-state index in [0.717, 1.165) is 40.4 Å². The van der Waals surface area contributed by atoms with Gasteiger partial charge in [-0.15, -0.1) is 0 Å². The summed E-state index contributed by atoms with van der Waals surface area (Å²) in [5.74, 6) is -0.247. The van der Waals surface area contributed by atoms with E-state index in [9.17, 15) is 18.8 Å². The Labute approximate surface area is 252 Å². The maximum atomic E-state index is 13.5. The Bertz CT molecular complexity index is 1450. The first-order valence-corrected chi connectivity index (χ1v) is 14.8. The SMILES string of the molecule is CC(C)(C)OC(=O)NCCC[C@@H](CNC(=O)c1[nH]c2cc(-c3ccc(F)cc3)ccc2c1C1CC1)NC(=O)OC(C)(C)C. The van der Waals surface area contributed by atoms with Crippen LogP contribution < -0.4 is 16.0 Å². The van der Waals surface area contributed by atoms with Crippen LogP contribution in [0.4, 0.5) is 14.0 Å². The number of carbonyl (C=O) groups excluding carboxylic acids is 3. The number of nitrogens with one attached hydrogen (secondary N) is 4. The highest BCUT2D eigenvalue weighted by atomic mass is 19.1. The van der Waals surface area contributed by atoms with Crippen LogP contribution in [0.1, 0.15) is 89.2 Å². The lowest BCUT2D eigenvalue weighted by molar-refractivity contribution is 0.0487. The summed E-state index contributed by atoms with van der Waals surface area (Å²) in [5, 5.41) is 9.56. The van der Waals surface area contributed by atoms with Gasteiger partial charge in [0.1, 0.15) is 22.7 Å². The van der Waals surface area contributed by atoms with Gasteiger partial charge in [0, 0.05) is 30.0 Å². The molecule has 1 aliphatic carbocycles. The van der Waals surface area contributed by atoms with Crippen molar-refractivity contribution in [3.8, 4) is 11.1 Å². The third-order valence-corrected chi connectivity index (χ3v) is 6.86.